The average molecular weight is 277 g/mol. The molecular formula is C17H24FNO. The van der Waals surface area contributed by atoms with E-state index in [1.54, 1.807) is 12.1 Å². The third kappa shape index (κ3) is 2.69. The Hall–Kier alpha value is -1.09. The highest BCUT2D eigenvalue weighted by Gasteiger charge is 2.42. The molecular weight excluding hydrogens is 253 g/mol. The van der Waals surface area contributed by atoms with Crippen LogP contribution in [0.1, 0.15) is 37.2 Å². The number of rotatable bonds is 3. The van der Waals surface area contributed by atoms with Crippen LogP contribution in [0, 0.1) is 23.6 Å². The number of nitrogens with zero attached hydrogens (tertiary/aromatic N) is 1. The first kappa shape index (κ1) is 13.9. The molecule has 0 radical (unpaired) electrons. The lowest BCUT2D eigenvalue weighted by Crippen LogP contribution is -2.34. The lowest BCUT2D eigenvalue weighted by atomic mass is 9.69. The van der Waals surface area contributed by atoms with Gasteiger partial charge in [0.1, 0.15) is 11.6 Å². The Balaban J connectivity index is 1.91. The Morgan fingerprint density at radius 2 is 2.00 bits per heavy atom. The van der Waals surface area contributed by atoms with Crippen LogP contribution in [0.2, 0.25) is 0 Å². The molecule has 2 aliphatic carbocycles. The first-order valence-electron chi connectivity index (χ1n) is 7.67. The molecule has 2 saturated carbocycles. The van der Waals surface area contributed by atoms with Crippen molar-refractivity contribution in [1.29, 1.82) is 0 Å². The van der Waals surface area contributed by atoms with Crippen molar-refractivity contribution in [2.75, 3.05) is 20.6 Å². The van der Waals surface area contributed by atoms with E-state index in [1.165, 1.54) is 25.3 Å². The van der Waals surface area contributed by atoms with Crippen LogP contribution in [0.3, 0.4) is 0 Å². The maximum atomic E-state index is 13.6. The number of fused-ring (bicyclic) bond motifs is 2. The molecule has 0 amide bonds. The van der Waals surface area contributed by atoms with Crippen LogP contribution in [0.15, 0.2) is 18.2 Å². The summed E-state index contributed by atoms with van der Waals surface area (Å²) in [6.07, 6.45) is 5.14. The molecule has 0 unspecified atom stereocenters. The highest BCUT2D eigenvalue weighted by molar-refractivity contribution is 5.32. The van der Waals surface area contributed by atoms with Gasteiger partial charge in [0, 0.05) is 12.6 Å². The Morgan fingerprint density at radius 1 is 1.20 bits per heavy atom. The van der Waals surface area contributed by atoms with Crippen molar-refractivity contribution in [1.82, 2.24) is 4.90 Å². The zero-order valence-corrected chi connectivity index (χ0v) is 12.3. The molecule has 0 heterocycles. The summed E-state index contributed by atoms with van der Waals surface area (Å²) in [6.45, 7) is 1.05. The highest BCUT2D eigenvalue weighted by atomic mass is 19.1. The summed E-state index contributed by atoms with van der Waals surface area (Å²) in [4.78, 5) is 2.25. The van der Waals surface area contributed by atoms with E-state index >= 15 is 0 Å². The number of hydrogen-bond acceptors (Lipinski definition) is 2. The normalized spacial score (nSPS) is 32.8. The number of benzene rings is 1. The summed E-state index contributed by atoms with van der Waals surface area (Å²) in [5, 5.41) is 9.69. The van der Waals surface area contributed by atoms with Crippen molar-refractivity contribution < 1.29 is 9.50 Å². The summed E-state index contributed by atoms with van der Waals surface area (Å²) >= 11 is 0. The smallest absolute Gasteiger partial charge is 0.127 e. The first-order chi connectivity index (χ1) is 9.52. The molecule has 1 N–H and O–H groups in total. The Labute approximate surface area is 120 Å². The number of halogens is 1. The van der Waals surface area contributed by atoms with Crippen LogP contribution in [0.5, 0.6) is 5.75 Å². The monoisotopic (exact) mass is 277 g/mol. The SMILES string of the molecule is CN(C)C[C@H]1[C@H]2CC[C@@H](C2)C[C@H]1c1cc(O)cc(F)c1. The standard InChI is InChI=1S/C17H24FNO/c1-19(2)10-17-12-4-3-11(5-12)6-16(17)13-7-14(18)9-15(20)8-13/h7-9,11-12,16-17,20H,3-6,10H2,1-2H3/t11-,12-,16-,17-/m0/s1. The molecule has 2 nitrogen and oxygen atoms in total. The third-order valence-corrected chi connectivity index (χ3v) is 5.20. The minimum atomic E-state index is -0.318. The Bertz CT molecular complexity index is 468. The van der Waals surface area contributed by atoms with Gasteiger partial charge in [-0.1, -0.05) is 6.42 Å². The molecule has 0 aliphatic heterocycles. The molecule has 2 fully saturated rings. The fourth-order valence-electron chi connectivity index (χ4n) is 4.47. The zero-order chi connectivity index (χ0) is 14.3. The zero-order valence-electron chi connectivity index (χ0n) is 12.3. The molecule has 1 aromatic rings. The maximum absolute atomic E-state index is 13.6. The van der Waals surface area contributed by atoms with E-state index < -0.39 is 0 Å². The van der Waals surface area contributed by atoms with E-state index in [1.807, 2.05) is 0 Å². The third-order valence-electron chi connectivity index (χ3n) is 5.20. The van der Waals surface area contributed by atoms with E-state index in [4.69, 9.17) is 0 Å². The van der Waals surface area contributed by atoms with Crippen molar-refractivity contribution in [2.45, 2.75) is 31.6 Å². The van der Waals surface area contributed by atoms with Crippen LogP contribution in [0.4, 0.5) is 4.39 Å². The second-order valence-electron chi connectivity index (χ2n) is 6.95. The minimum absolute atomic E-state index is 0.0570. The molecule has 4 atom stereocenters. The van der Waals surface area contributed by atoms with Gasteiger partial charge in [-0.2, -0.15) is 0 Å². The lowest BCUT2D eigenvalue weighted by molar-refractivity contribution is 0.164. The molecule has 2 bridgehead atoms. The molecule has 1 aromatic carbocycles. The molecule has 3 heteroatoms. The van der Waals surface area contributed by atoms with Crippen molar-refractivity contribution in [2.24, 2.45) is 17.8 Å². The van der Waals surface area contributed by atoms with Crippen molar-refractivity contribution >= 4 is 0 Å². The molecule has 110 valence electrons. The van der Waals surface area contributed by atoms with E-state index in [0.717, 1.165) is 30.4 Å². The molecule has 2 aliphatic rings. The van der Waals surface area contributed by atoms with Crippen LogP contribution < -0.4 is 0 Å². The van der Waals surface area contributed by atoms with E-state index in [9.17, 15) is 9.50 Å². The summed E-state index contributed by atoms with van der Waals surface area (Å²) in [7, 11) is 4.22. The predicted molar refractivity (Wildman–Crippen MR) is 78.3 cm³/mol. The molecule has 3 rings (SSSR count). The largest absolute Gasteiger partial charge is 0.508 e. The number of aromatic hydroxyl groups is 1. The average Bonchev–Trinajstić information content (AvgIpc) is 2.74. The van der Waals surface area contributed by atoms with E-state index in [-0.39, 0.29) is 11.6 Å². The van der Waals surface area contributed by atoms with E-state index in [2.05, 4.69) is 19.0 Å². The number of phenols is 1. The Morgan fingerprint density at radius 3 is 2.70 bits per heavy atom. The predicted octanol–water partition coefficient (Wildman–Crippen LogP) is 3.61. The second-order valence-corrected chi connectivity index (χ2v) is 6.95. The van der Waals surface area contributed by atoms with Crippen molar-refractivity contribution in [3.63, 3.8) is 0 Å². The summed E-state index contributed by atoms with van der Waals surface area (Å²) < 4.78 is 13.6. The van der Waals surface area contributed by atoms with Gasteiger partial charge in [0.2, 0.25) is 0 Å². The summed E-state index contributed by atoms with van der Waals surface area (Å²) in [6, 6.07) is 4.58. The fourth-order valence-corrected chi connectivity index (χ4v) is 4.47. The molecule has 0 saturated heterocycles. The first-order valence-corrected chi connectivity index (χ1v) is 7.67. The fraction of sp³-hybridized carbons (Fsp3) is 0.647. The van der Waals surface area contributed by atoms with Gasteiger partial charge < -0.3 is 10.0 Å². The van der Waals surface area contributed by atoms with Crippen LogP contribution in [0.25, 0.3) is 0 Å². The molecule has 0 spiro atoms. The lowest BCUT2D eigenvalue weighted by Gasteiger charge is -2.38. The maximum Gasteiger partial charge on any atom is 0.127 e. The van der Waals surface area contributed by atoms with Crippen LogP contribution in [-0.2, 0) is 0 Å². The number of phenolic OH excluding ortho intramolecular Hbond substituents is 1. The molecule has 20 heavy (non-hydrogen) atoms. The van der Waals surface area contributed by atoms with E-state index in [0.29, 0.717) is 11.8 Å². The van der Waals surface area contributed by atoms with Gasteiger partial charge in [0.05, 0.1) is 0 Å². The quantitative estimate of drug-likeness (QED) is 0.912. The van der Waals surface area contributed by atoms with Crippen LogP contribution in [-0.4, -0.2) is 30.6 Å². The van der Waals surface area contributed by atoms with Gasteiger partial charge in [-0.15, -0.1) is 0 Å². The minimum Gasteiger partial charge on any atom is -0.508 e. The highest BCUT2D eigenvalue weighted by Crippen LogP contribution is 2.52. The summed E-state index contributed by atoms with van der Waals surface area (Å²) in [5.74, 6) is 2.29. The van der Waals surface area contributed by atoms with Gasteiger partial charge >= 0.3 is 0 Å². The van der Waals surface area contributed by atoms with Crippen molar-refractivity contribution in [3.05, 3.63) is 29.6 Å². The van der Waals surface area contributed by atoms with Gasteiger partial charge in [0.25, 0.3) is 0 Å². The van der Waals surface area contributed by atoms with Gasteiger partial charge in [0.15, 0.2) is 0 Å². The second kappa shape index (κ2) is 5.36. The summed E-state index contributed by atoms with van der Waals surface area (Å²) in [5.41, 5.74) is 0.992. The van der Waals surface area contributed by atoms with Crippen LogP contribution >= 0.6 is 0 Å². The molecule has 0 aromatic heterocycles. The van der Waals surface area contributed by atoms with Gasteiger partial charge in [-0.25, -0.2) is 4.39 Å². The number of hydrogen-bond donors (Lipinski definition) is 1. The van der Waals surface area contributed by atoms with Gasteiger partial charge in [-0.3, -0.25) is 0 Å². The van der Waals surface area contributed by atoms with Gasteiger partial charge in [-0.05, 0) is 74.7 Å². The van der Waals surface area contributed by atoms with Crippen molar-refractivity contribution in [3.8, 4) is 5.75 Å². The topological polar surface area (TPSA) is 23.5 Å². The Kier molecular flexibility index (Phi) is 3.72.